The van der Waals surface area contributed by atoms with Crippen molar-refractivity contribution in [3.05, 3.63) is 29.8 Å². The Morgan fingerprint density at radius 1 is 1.42 bits per heavy atom. The van der Waals surface area contributed by atoms with Crippen molar-refractivity contribution in [2.45, 2.75) is 12.5 Å². The van der Waals surface area contributed by atoms with Crippen LogP contribution < -0.4 is 5.73 Å². The van der Waals surface area contributed by atoms with Gasteiger partial charge in [0.2, 0.25) is 0 Å². The van der Waals surface area contributed by atoms with Crippen molar-refractivity contribution in [1.29, 1.82) is 0 Å². The fourth-order valence-electron chi connectivity index (χ4n) is 1.36. The van der Waals surface area contributed by atoms with Gasteiger partial charge in [0.25, 0.3) is 0 Å². The van der Waals surface area contributed by atoms with Crippen molar-refractivity contribution < 1.29 is 5.11 Å². The summed E-state index contributed by atoms with van der Waals surface area (Å²) in [4.78, 5) is 4.05. The molecule has 0 bridgehead atoms. The number of hydrogen-bond donors (Lipinski definition) is 2. The SMILES string of the molecule is C[C@]1(O)C(N)=Nc2ccccc21. The van der Waals surface area contributed by atoms with Crippen LogP contribution in [0, 0.1) is 0 Å². The van der Waals surface area contributed by atoms with Gasteiger partial charge in [-0.25, -0.2) is 4.99 Å². The fraction of sp³-hybridized carbons (Fsp3) is 0.222. The zero-order valence-corrected chi connectivity index (χ0v) is 6.78. The summed E-state index contributed by atoms with van der Waals surface area (Å²) < 4.78 is 0. The zero-order chi connectivity index (χ0) is 8.77. The summed E-state index contributed by atoms with van der Waals surface area (Å²) in [6, 6.07) is 7.40. The first-order valence-corrected chi connectivity index (χ1v) is 3.79. The van der Waals surface area contributed by atoms with E-state index in [4.69, 9.17) is 5.73 Å². The standard InChI is InChI=1S/C9H10N2O/c1-9(12)6-4-2-3-5-7(6)11-8(9)10/h2-5,12H,1H3,(H2,10,11)/t9-/m1/s1. The minimum atomic E-state index is -1.09. The summed E-state index contributed by atoms with van der Waals surface area (Å²) in [5, 5.41) is 9.86. The molecule has 0 saturated carbocycles. The molecule has 3 heteroatoms. The van der Waals surface area contributed by atoms with Gasteiger partial charge in [-0.3, -0.25) is 0 Å². The molecule has 0 radical (unpaired) electrons. The Morgan fingerprint density at radius 2 is 2.08 bits per heavy atom. The summed E-state index contributed by atoms with van der Waals surface area (Å²) in [5.41, 5.74) is 6.02. The minimum absolute atomic E-state index is 0.267. The number of para-hydroxylation sites is 1. The van der Waals surface area contributed by atoms with E-state index in [1.54, 1.807) is 6.92 Å². The Hall–Kier alpha value is -1.35. The monoisotopic (exact) mass is 162 g/mol. The summed E-state index contributed by atoms with van der Waals surface area (Å²) in [6.07, 6.45) is 0. The molecule has 62 valence electrons. The smallest absolute Gasteiger partial charge is 0.146 e. The molecule has 0 fully saturated rings. The highest BCUT2D eigenvalue weighted by Gasteiger charge is 2.34. The van der Waals surface area contributed by atoms with Crippen molar-refractivity contribution in [3.63, 3.8) is 0 Å². The highest BCUT2D eigenvalue weighted by atomic mass is 16.3. The Morgan fingerprint density at radius 3 is 2.75 bits per heavy atom. The molecule has 2 rings (SSSR count). The third kappa shape index (κ3) is 0.769. The molecule has 1 aromatic carbocycles. The van der Waals surface area contributed by atoms with Gasteiger partial charge in [-0.15, -0.1) is 0 Å². The maximum atomic E-state index is 9.86. The molecule has 0 spiro atoms. The van der Waals surface area contributed by atoms with Crippen molar-refractivity contribution >= 4 is 11.5 Å². The Labute approximate surface area is 70.5 Å². The predicted octanol–water partition coefficient (Wildman–Crippen LogP) is 0.896. The van der Waals surface area contributed by atoms with Gasteiger partial charge in [-0.05, 0) is 13.0 Å². The van der Waals surface area contributed by atoms with Crippen LogP contribution in [0.3, 0.4) is 0 Å². The van der Waals surface area contributed by atoms with Gasteiger partial charge in [-0.2, -0.15) is 0 Å². The van der Waals surface area contributed by atoms with Gasteiger partial charge in [0, 0.05) is 5.56 Å². The normalized spacial score (nSPS) is 26.7. The fourth-order valence-corrected chi connectivity index (χ4v) is 1.36. The zero-order valence-electron chi connectivity index (χ0n) is 6.78. The number of hydrogen-bond acceptors (Lipinski definition) is 3. The second kappa shape index (κ2) is 2.08. The molecule has 1 aliphatic heterocycles. The minimum Gasteiger partial charge on any atom is -0.384 e. The third-order valence-electron chi connectivity index (χ3n) is 2.17. The molecule has 1 aliphatic rings. The lowest BCUT2D eigenvalue weighted by molar-refractivity contribution is 0.136. The van der Waals surface area contributed by atoms with Crippen LogP contribution in [-0.2, 0) is 5.60 Å². The molecule has 3 nitrogen and oxygen atoms in total. The van der Waals surface area contributed by atoms with E-state index in [-0.39, 0.29) is 5.84 Å². The molecule has 0 aliphatic carbocycles. The van der Waals surface area contributed by atoms with E-state index in [1.807, 2.05) is 24.3 Å². The van der Waals surface area contributed by atoms with Gasteiger partial charge in [0.1, 0.15) is 11.4 Å². The largest absolute Gasteiger partial charge is 0.384 e. The van der Waals surface area contributed by atoms with Crippen LogP contribution in [0.5, 0.6) is 0 Å². The second-order valence-corrected chi connectivity index (χ2v) is 3.09. The highest BCUT2D eigenvalue weighted by Crippen LogP contribution is 2.36. The summed E-state index contributed by atoms with van der Waals surface area (Å²) in [5.74, 6) is 0.267. The number of aliphatic imine (C=N–C) groups is 1. The van der Waals surface area contributed by atoms with E-state index in [1.165, 1.54) is 0 Å². The van der Waals surface area contributed by atoms with Crippen molar-refractivity contribution in [1.82, 2.24) is 0 Å². The van der Waals surface area contributed by atoms with Gasteiger partial charge < -0.3 is 10.8 Å². The molecular weight excluding hydrogens is 152 g/mol. The lowest BCUT2D eigenvalue weighted by Gasteiger charge is -2.17. The number of nitrogens with zero attached hydrogens (tertiary/aromatic N) is 1. The first-order valence-electron chi connectivity index (χ1n) is 3.79. The number of aliphatic hydroxyl groups is 1. The van der Waals surface area contributed by atoms with Gasteiger partial charge in [0.05, 0.1) is 5.69 Å². The number of nitrogens with two attached hydrogens (primary N) is 1. The van der Waals surface area contributed by atoms with Crippen molar-refractivity contribution in [3.8, 4) is 0 Å². The van der Waals surface area contributed by atoms with Gasteiger partial charge >= 0.3 is 0 Å². The highest BCUT2D eigenvalue weighted by molar-refractivity contribution is 5.97. The van der Waals surface area contributed by atoms with Crippen LogP contribution >= 0.6 is 0 Å². The van der Waals surface area contributed by atoms with Gasteiger partial charge in [-0.1, -0.05) is 18.2 Å². The molecule has 12 heavy (non-hydrogen) atoms. The predicted molar refractivity (Wildman–Crippen MR) is 47.3 cm³/mol. The Bertz CT molecular complexity index is 355. The van der Waals surface area contributed by atoms with E-state index in [0.717, 1.165) is 11.3 Å². The Balaban J connectivity index is 2.66. The average Bonchev–Trinajstić information content (AvgIpc) is 2.25. The maximum absolute atomic E-state index is 9.86. The first-order chi connectivity index (χ1) is 5.62. The van der Waals surface area contributed by atoms with Crippen LogP contribution in [-0.4, -0.2) is 10.9 Å². The van der Waals surface area contributed by atoms with E-state index in [2.05, 4.69) is 4.99 Å². The summed E-state index contributed by atoms with van der Waals surface area (Å²) in [6.45, 7) is 1.65. The average molecular weight is 162 g/mol. The molecule has 3 N–H and O–H groups in total. The van der Waals surface area contributed by atoms with Crippen molar-refractivity contribution in [2.24, 2.45) is 10.7 Å². The van der Waals surface area contributed by atoms with Gasteiger partial charge in [0.15, 0.2) is 0 Å². The molecule has 1 atom stereocenters. The quantitative estimate of drug-likeness (QED) is 0.595. The number of amidine groups is 1. The van der Waals surface area contributed by atoms with E-state index in [0.29, 0.717) is 0 Å². The molecule has 0 saturated heterocycles. The number of rotatable bonds is 0. The van der Waals surface area contributed by atoms with Crippen LogP contribution in [0.15, 0.2) is 29.3 Å². The molecular formula is C9H10N2O. The van der Waals surface area contributed by atoms with Crippen LogP contribution in [0.4, 0.5) is 5.69 Å². The van der Waals surface area contributed by atoms with E-state index >= 15 is 0 Å². The lowest BCUT2D eigenvalue weighted by Crippen LogP contribution is -2.35. The van der Waals surface area contributed by atoms with Crippen LogP contribution in [0.1, 0.15) is 12.5 Å². The molecule has 0 amide bonds. The molecule has 1 heterocycles. The molecule has 0 aromatic heterocycles. The topological polar surface area (TPSA) is 58.6 Å². The summed E-state index contributed by atoms with van der Waals surface area (Å²) in [7, 11) is 0. The molecule has 1 aromatic rings. The van der Waals surface area contributed by atoms with E-state index < -0.39 is 5.60 Å². The number of benzene rings is 1. The first kappa shape index (κ1) is 7.31. The maximum Gasteiger partial charge on any atom is 0.146 e. The second-order valence-electron chi connectivity index (χ2n) is 3.09. The molecule has 0 unspecified atom stereocenters. The van der Waals surface area contributed by atoms with Crippen molar-refractivity contribution in [2.75, 3.05) is 0 Å². The van der Waals surface area contributed by atoms with Crippen LogP contribution in [0.25, 0.3) is 0 Å². The van der Waals surface area contributed by atoms with Crippen LogP contribution in [0.2, 0.25) is 0 Å². The lowest BCUT2D eigenvalue weighted by atomic mass is 9.97. The summed E-state index contributed by atoms with van der Waals surface area (Å²) >= 11 is 0. The number of fused-ring (bicyclic) bond motifs is 1. The third-order valence-corrected chi connectivity index (χ3v) is 2.17. The van der Waals surface area contributed by atoms with E-state index in [9.17, 15) is 5.11 Å². The Kier molecular flexibility index (Phi) is 1.26.